The number of halogens is 1. The van der Waals surface area contributed by atoms with Crippen molar-refractivity contribution in [1.29, 1.82) is 0 Å². The predicted octanol–water partition coefficient (Wildman–Crippen LogP) is 1.86. The van der Waals surface area contributed by atoms with Crippen LogP contribution >= 0.6 is 11.6 Å². The van der Waals surface area contributed by atoms with Gasteiger partial charge in [0.05, 0.1) is 16.6 Å². The van der Waals surface area contributed by atoms with Crippen molar-refractivity contribution in [3.63, 3.8) is 0 Å². The quantitative estimate of drug-likeness (QED) is 0.869. The molecule has 19 heavy (non-hydrogen) atoms. The van der Waals surface area contributed by atoms with Crippen LogP contribution < -0.4 is 20.1 Å². The normalized spacial score (nSPS) is 24.5. The van der Waals surface area contributed by atoms with E-state index in [2.05, 4.69) is 17.6 Å². The molecule has 0 spiro atoms. The number of fused-ring (bicyclic) bond motifs is 1. The van der Waals surface area contributed by atoms with Crippen LogP contribution in [0.25, 0.3) is 0 Å². The van der Waals surface area contributed by atoms with Crippen LogP contribution in [0.15, 0.2) is 12.1 Å². The van der Waals surface area contributed by atoms with Gasteiger partial charge in [0.2, 0.25) is 12.7 Å². The lowest BCUT2D eigenvalue weighted by atomic mass is 9.97. The van der Waals surface area contributed by atoms with Gasteiger partial charge in [-0.3, -0.25) is 4.79 Å². The lowest BCUT2D eigenvalue weighted by Crippen LogP contribution is -2.27. The van der Waals surface area contributed by atoms with Crippen LogP contribution in [0.2, 0.25) is 5.02 Å². The van der Waals surface area contributed by atoms with Gasteiger partial charge >= 0.3 is 0 Å². The molecule has 2 atom stereocenters. The maximum Gasteiger partial charge on any atom is 0.231 e. The Morgan fingerprint density at radius 2 is 2.11 bits per heavy atom. The largest absolute Gasteiger partial charge is 0.454 e. The molecule has 3 rings (SSSR count). The van der Waals surface area contributed by atoms with Gasteiger partial charge in [-0.15, -0.1) is 0 Å². The van der Waals surface area contributed by atoms with Gasteiger partial charge in [0.1, 0.15) is 0 Å². The van der Waals surface area contributed by atoms with E-state index in [4.69, 9.17) is 21.1 Å². The molecule has 6 heteroatoms. The number of amides is 1. The van der Waals surface area contributed by atoms with Crippen LogP contribution in [0, 0.1) is 11.8 Å². The summed E-state index contributed by atoms with van der Waals surface area (Å²) < 4.78 is 10.5. The summed E-state index contributed by atoms with van der Waals surface area (Å²) in [6, 6.07) is 3.37. The summed E-state index contributed by atoms with van der Waals surface area (Å²) >= 11 is 6.13. The first-order valence-electron chi connectivity index (χ1n) is 6.26. The van der Waals surface area contributed by atoms with Gasteiger partial charge in [-0.05, 0) is 12.5 Å². The van der Waals surface area contributed by atoms with Gasteiger partial charge < -0.3 is 20.1 Å². The molecule has 1 saturated heterocycles. The molecule has 0 aliphatic carbocycles. The van der Waals surface area contributed by atoms with Crippen molar-refractivity contribution in [2.75, 3.05) is 25.2 Å². The molecular formula is C13H15ClN2O3. The third kappa shape index (κ3) is 2.35. The van der Waals surface area contributed by atoms with Crippen molar-refractivity contribution in [2.45, 2.75) is 6.92 Å². The Kier molecular flexibility index (Phi) is 3.24. The highest BCUT2D eigenvalue weighted by Crippen LogP contribution is 2.39. The number of hydrogen-bond acceptors (Lipinski definition) is 4. The second-order valence-electron chi connectivity index (χ2n) is 4.92. The fraction of sp³-hybridized carbons (Fsp3) is 0.462. The summed E-state index contributed by atoms with van der Waals surface area (Å²) in [7, 11) is 0. The van der Waals surface area contributed by atoms with E-state index in [0.717, 1.165) is 6.54 Å². The van der Waals surface area contributed by atoms with Gasteiger partial charge in [0.25, 0.3) is 0 Å². The fourth-order valence-corrected chi connectivity index (χ4v) is 2.60. The van der Waals surface area contributed by atoms with Gasteiger partial charge in [-0.1, -0.05) is 18.5 Å². The molecule has 5 nitrogen and oxygen atoms in total. The third-order valence-corrected chi connectivity index (χ3v) is 3.89. The Hall–Kier alpha value is -1.46. The lowest BCUT2D eigenvalue weighted by molar-refractivity contribution is -0.120. The number of anilines is 1. The van der Waals surface area contributed by atoms with Crippen LogP contribution in [-0.2, 0) is 4.79 Å². The van der Waals surface area contributed by atoms with E-state index in [1.807, 2.05) is 0 Å². The summed E-state index contributed by atoms with van der Waals surface area (Å²) in [5, 5.41) is 6.53. The first-order valence-corrected chi connectivity index (χ1v) is 6.63. The molecule has 1 aromatic carbocycles. The molecular weight excluding hydrogens is 268 g/mol. The van der Waals surface area contributed by atoms with Crippen molar-refractivity contribution < 1.29 is 14.3 Å². The number of nitrogens with one attached hydrogen (secondary N) is 2. The summed E-state index contributed by atoms with van der Waals surface area (Å²) in [4.78, 5) is 12.2. The first kappa shape index (κ1) is 12.6. The zero-order chi connectivity index (χ0) is 13.4. The number of benzene rings is 1. The minimum Gasteiger partial charge on any atom is -0.454 e. The molecule has 1 amide bonds. The molecule has 2 aliphatic heterocycles. The van der Waals surface area contributed by atoms with E-state index in [-0.39, 0.29) is 18.6 Å². The molecule has 1 fully saturated rings. The minimum absolute atomic E-state index is 0.0155. The Labute approximate surface area is 116 Å². The Bertz CT molecular complexity index is 521. The van der Waals surface area contributed by atoms with Crippen molar-refractivity contribution >= 4 is 23.2 Å². The van der Waals surface area contributed by atoms with Crippen molar-refractivity contribution in [3.8, 4) is 11.5 Å². The Morgan fingerprint density at radius 3 is 2.79 bits per heavy atom. The van der Waals surface area contributed by atoms with Crippen LogP contribution in [0.4, 0.5) is 5.69 Å². The SMILES string of the molecule is CC1CNCC1C(=O)Nc1cc2c(cc1Cl)OCO2. The fourth-order valence-electron chi connectivity index (χ4n) is 2.40. The van der Waals surface area contributed by atoms with Crippen LogP contribution in [-0.4, -0.2) is 25.8 Å². The summed E-state index contributed by atoms with van der Waals surface area (Å²) in [5.74, 6) is 1.50. The van der Waals surface area contributed by atoms with E-state index >= 15 is 0 Å². The van der Waals surface area contributed by atoms with Crippen molar-refractivity contribution in [2.24, 2.45) is 11.8 Å². The molecule has 2 unspecified atom stereocenters. The van der Waals surface area contributed by atoms with E-state index in [1.165, 1.54) is 0 Å². The molecule has 0 aromatic heterocycles. The second-order valence-corrected chi connectivity index (χ2v) is 5.32. The first-order chi connectivity index (χ1) is 9.15. The summed E-state index contributed by atoms with van der Waals surface area (Å²) in [6.45, 7) is 3.82. The van der Waals surface area contributed by atoms with Crippen molar-refractivity contribution in [3.05, 3.63) is 17.2 Å². The monoisotopic (exact) mass is 282 g/mol. The molecule has 2 heterocycles. The van der Waals surface area contributed by atoms with Gasteiger partial charge in [-0.2, -0.15) is 0 Å². The minimum atomic E-state index is -0.0264. The van der Waals surface area contributed by atoms with E-state index in [0.29, 0.717) is 34.7 Å². The Balaban J connectivity index is 1.78. The topological polar surface area (TPSA) is 59.6 Å². The third-order valence-electron chi connectivity index (χ3n) is 3.57. The van der Waals surface area contributed by atoms with Crippen LogP contribution in [0.5, 0.6) is 11.5 Å². The number of ether oxygens (including phenoxy) is 2. The number of carbonyl (C=O) groups excluding carboxylic acids is 1. The van der Waals surface area contributed by atoms with Gasteiger partial charge in [0, 0.05) is 18.7 Å². The molecule has 102 valence electrons. The van der Waals surface area contributed by atoms with Gasteiger partial charge in [-0.25, -0.2) is 0 Å². The molecule has 0 radical (unpaired) electrons. The zero-order valence-electron chi connectivity index (χ0n) is 10.5. The number of hydrogen-bond donors (Lipinski definition) is 2. The average molecular weight is 283 g/mol. The molecule has 1 aromatic rings. The van der Waals surface area contributed by atoms with Crippen molar-refractivity contribution in [1.82, 2.24) is 5.32 Å². The highest BCUT2D eigenvalue weighted by Gasteiger charge is 2.30. The lowest BCUT2D eigenvalue weighted by Gasteiger charge is -2.15. The molecule has 2 aliphatic rings. The van der Waals surface area contributed by atoms with Crippen LogP contribution in [0.1, 0.15) is 6.92 Å². The Morgan fingerprint density at radius 1 is 1.37 bits per heavy atom. The molecule has 2 N–H and O–H groups in total. The number of carbonyl (C=O) groups is 1. The smallest absolute Gasteiger partial charge is 0.231 e. The highest BCUT2D eigenvalue weighted by molar-refractivity contribution is 6.34. The average Bonchev–Trinajstić information content (AvgIpc) is 2.98. The second kappa shape index (κ2) is 4.90. The van der Waals surface area contributed by atoms with E-state index in [9.17, 15) is 4.79 Å². The molecule has 0 saturated carbocycles. The van der Waals surface area contributed by atoms with Gasteiger partial charge in [0.15, 0.2) is 11.5 Å². The maximum absolute atomic E-state index is 12.2. The maximum atomic E-state index is 12.2. The van der Waals surface area contributed by atoms with E-state index < -0.39 is 0 Å². The zero-order valence-corrected chi connectivity index (χ0v) is 11.3. The summed E-state index contributed by atoms with van der Waals surface area (Å²) in [6.07, 6.45) is 0. The number of rotatable bonds is 2. The summed E-state index contributed by atoms with van der Waals surface area (Å²) in [5.41, 5.74) is 0.565. The van der Waals surface area contributed by atoms with Crippen LogP contribution in [0.3, 0.4) is 0 Å². The van der Waals surface area contributed by atoms with E-state index in [1.54, 1.807) is 12.1 Å². The predicted molar refractivity (Wildman–Crippen MR) is 71.7 cm³/mol. The highest BCUT2D eigenvalue weighted by atomic mass is 35.5. The standard InChI is InChI=1S/C13H15ClN2O3/c1-7-4-15-5-8(7)13(17)16-10-3-12-11(2-9(10)14)18-6-19-12/h2-3,7-8,15H,4-6H2,1H3,(H,16,17). The molecule has 0 bridgehead atoms.